The molecule has 19 heavy (non-hydrogen) atoms. The molecular formula is C12H19N3O3S. The van der Waals surface area contributed by atoms with Gasteiger partial charge < -0.3 is 4.74 Å². The molecule has 0 aromatic heterocycles. The molecule has 1 unspecified atom stereocenters. The van der Waals surface area contributed by atoms with Crippen LogP contribution in [-0.2, 0) is 14.8 Å². The Morgan fingerprint density at radius 2 is 1.84 bits per heavy atom. The fourth-order valence-corrected chi connectivity index (χ4v) is 2.50. The smallest absolute Gasteiger partial charge is 0.238 e. The van der Waals surface area contributed by atoms with Crippen molar-refractivity contribution in [2.24, 2.45) is 5.14 Å². The van der Waals surface area contributed by atoms with Crippen molar-refractivity contribution in [3.63, 3.8) is 0 Å². The Kier molecular flexibility index (Phi) is 4.54. The maximum atomic E-state index is 11.2. The highest BCUT2D eigenvalue weighted by atomic mass is 32.2. The summed E-state index contributed by atoms with van der Waals surface area (Å²) in [7, 11) is -3.62. The molecule has 1 aliphatic rings. The third-order valence-electron chi connectivity index (χ3n) is 3.10. The molecule has 0 aliphatic carbocycles. The van der Waals surface area contributed by atoms with E-state index in [2.05, 4.69) is 10.4 Å². The zero-order valence-electron chi connectivity index (χ0n) is 10.9. The zero-order valence-corrected chi connectivity index (χ0v) is 11.7. The number of benzene rings is 1. The third-order valence-corrected chi connectivity index (χ3v) is 4.03. The monoisotopic (exact) mass is 285 g/mol. The molecule has 0 saturated carbocycles. The number of morpholine rings is 1. The van der Waals surface area contributed by atoms with Crippen LogP contribution in [0.5, 0.6) is 0 Å². The lowest BCUT2D eigenvalue weighted by Gasteiger charge is -2.30. The first-order valence-electron chi connectivity index (χ1n) is 6.18. The average Bonchev–Trinajstić information content (AvgIpc) is 2.39. The molecule has 1 saturated heterocycles. The maximum absolute atomic E-state index is 11.2. The summed E-state index contributed by atoms with van der Waals surface area (Å²) in [5, 5.41) is 7.18. The van der Waals surface area contributed by atoms with Gasteiger partial charge in [-0.3, -0.25) is 0 Å². The summed E-state index contributed by atoms with van der Waals surface area (Å²) < 4.78 is 27.6. The molecule has 0 radical (unpaired) electrons. The van der Waals surface area contributed by atoms with Gasteiger partial charge in [-0.25, -0.2) is 24.0 Å². The molecular weight excluding hydrogens is 266 g/mol. The lowest BCUT2D eigenvalue weighted by atomic mass is 10.1. The van der Waals surface area contributed by atoms with Gasteiger partial charge in [0.05, 0.1) is 18.1 Å². The molecule has 1 aromatic carbocycles. The number of ether oxygens (including phenoxy) is 1. The normalized spacial score (nSPS) is 19.3. The summed E-state index contributed by atoms with van der Waals surface area (Å²) in [6, 6.07) is 6.72. The summed E-state index contributed by atoms with van der Waals surface area (Å²) in [5.74, 6) is 0. The summed E-state index contributed by atoms with van der Waals surface area (Å²) in [6.07, 6.45) is 0. The van der Waals surface area contributed by atoms with E-state index in [1.54, 1.807) is 12.1 Å². The van der Waals surface area contributed by atoms with E-state index in [4.69, 9.17) is 9.88 Å². The number of hydrogen-bond donors (Lipinski definition) is 2. The fraction of sp³-hybridized carbons (Fsp3) is 0.500. The molecule has 0 amide bonds. The molecule has 1 aromatic rings. The highest BCUT2D eigenvalue weighted by Crippen LogP contribution is 2.16. The largest absolute Gasteiger partial charge is 0.379 e. The summed E-state index contributed by atoms with van der Waals surface area (Å²) in [6.45, 7) is 5.18. The number of primary sulfonamides is 1. The summed E-state index contributed by atoms with van der Waals surface area (Å²) >= 11 is 0. The highest BCUT2D eigenvalue weighted by Gasteiger charge is 2.14. The molecule has 1 fully saturated rings. The maximum Gasteiger partial charge on any atom is 0.238 e. The van der Waals surface area contributed by atoms with Gasteiger partial charge in [0, 0.05) is 19.1 Å². The Labute approximate surface area is 113 Å². The Morgan fingerprint density at radius 1 is 1.26 bits per heavy atom. The number of rotatable bonds is 4. The van der Waals surface area contributed by atoms with Crippen molar-refractivity contribution in [1.82, 2.24) is 10.4 Å². The summed E-state index contributed by atoms with van der Waals surface area (Å²) in [5.41, 5.74) is 4.38. The Hall–Kier alpha value is -0.990. The zero-order chi connectivity index (χ0) is 13.9. The van der Waals surface area contributed by atoms with E-state index < -0.39 is 10.0 Å². The molecule has 106 valence electrons. The Bertz CT molecular complexity index is 510. The van der Waals surface area contributed by atoms with Gasteiger partial charge in [-0.15, -0.1) is 0 Å². The van der Waals surface area contributed by atoms with Crippen molar-refractivity contribution >= 4 is 10.0 Å². The number of nitrogens with one attached hydrogen (secondary N) is 1. The van der Waals surface area contributed by atoms with Gasteiger partial charge in [0.15, 0.2) is 0 Å². The van der Waals surface area contributed by atoms with Gasteiger partial charge in [0.25, 0.3) is 0 Å². The van der Waals surface area contributed by atoms with Crippen LogP contribution in [0, 0.1) is 0 Å². The standard InChI is InChI=1S/C12H19N3O3S/c1-10(14-15-6-8-18-9-7-15)11-2-4-12(5-3-11)19(13,16)17/h2-5,10,14H,6-9H2,1H3,(H2,13,16,17). The number of hydrogen-bond acceptors (Lipinski definition) is 5. The van der Waals surface area contributed by atoms with Crippen LogP contribution in [0.25, 0.3) is 0 Å². The van der Waals surface area contributed by atoms with Crippen LogP contribution in [0.15, 0.2) is 29.2 Å². The van der Waals surface area contributed by atoms with Crippen LogP contribution in [0.3, 0.4) is 0 Å². The summed E-state index contributed by atoms with van der Waals surface area (Å²) in [4.78, 5) is 0.134. The van der Waals surface area contributed by atoms with E-state index in [-0.39, 0.29) is 10.9 Å². The predicted molar refractivity (Wildman–Crippen MR) is 71.8 cm³/mol. The first-order valence-corrected chi connectivity index (χ1v) is 7.73. The van der Waals surface area contributed by atoms with Crippen molar-refractivity contribution < 1.29 is 13.2 Å². The first-order chi connectivity index (χ1) is 8.97. The molecule has 7 heteroatoms. The second-order valence-corrected chi connectivity index (χ2v) is 6.13. The van der Waals surface area contributed by atoms with E-state index in [0.29, 0.717) is 0 Å². The van der Waals surface area contributed by atoms with E-state index in [1.165, 1.54) is 12.1 Å². The topological polar surface area (TPSA) is 84.7 Å². The molecule has 1 heterocycles. The second-order valence-electron chi connectivity index (χ2n) is 4.56. The van der Waals surface area contributed by atoms with Crippen LogP contribution in [0.1, 0.15) is 18.5 Å². The molecule has 1 aliphatic heterocycles. The highest BCUT2D eigenvalue weighted by molar-refractivity contribution is 7.89. The van der Waals surface area contributed by atoms with Crippen molar-refractivity contribution in [2.75, 3.05) is 26.3 Å². The van der Waals surface area contributed by atoms with Gasteiger partial charge in [-0.2, -0.15) is 0 Å². The SMILES string of the molecule is CC(NN1CCOCC1)c1ccc(S(N)(=O)=O)cc1. The third kappa shape index (κ3) is 3.99. The van der Waals surface area contributed by atoms with Crippen molar-refractivity contribution in [2.45, 2.75) is 17.9 Å². The van der Waals surface area contributed by atoms with Crippen LogP contribution >= 0.6 is 0 Å². The first kappa shape index (κ1) is 14.4. The average molecular weight is 285 g/mol. The van der Waals surface area contributed by atoms with Crippen LogP contribution in [-0.4, -0.2) is 39.7 Å². The molecule has 1 atom stereocenters. The quantitative estimate of drug-likeness (QED) is 0.827. The van der Waals surface area contributed by atoms with Crippen molar-refractivity contribution in [1.29, 1.82) is 0 Å². The lowest BCUT2D eigenvalue weighted by molar-refractivity contribution is 0.00484. The van der Waals surface area contributed by atoms with Gasteiger partial charge in [0.2, 0.25) is 10.0 Å². The van der Waals surface area contributed by atoms with Gasteiger partial charge >= 0.3 is 0 Å². The molecule has 2 rings (SSSR count). The van der Waals surface area contributed by atoms with Gasteiger partial charge in [0.1, 0.15) is 0 Å². The van der Waals surface area contributed by atoms with E-state index in [1.807, 2.05) is 6.92 Å². The minimum Gasteiger partial charge on any atom is -0.379 e. The Balaban J connectivity index is 2.01. The number of nitrogens with zero attached hydrogens (tertiary/aromatic N) is 1. The molecule has 0 spiro atoms. The molecule has 0 bridgehead atoms. The van der Waals surface area contributed by atoms with Crippen LogP contribution in [0.2, 0.25) is 0 Å². The minimum atomic E-state index is -3.62. The number of sulfonamides is 1. The minimum absolute atomic E-state index is 0.104. The fourth-order valence-electron chi connectivity index (χ4n) is 1.99. The lowest BCUT2D eigenvalue weighted by Crippen LogP contribution is -2.46. The molecule has 6 nitrogen and oxygen atoms in total. The van der Waals surface area contributed by atoms with Crippen LogP contribution < -0.4 is 10.6 Å². The Morgan fingerprint density at radius 3 is 2.37 bits per heavy atom. The van der Waals surface area contributed by atoms with Gasteiger partial charge in [-0.1, -0.05) is 12.1 Å². The van der Waals surface area contributed by atoms with Gasteiger partial charge in [-0.05, 0) is 24.6 Å². The van der Waals surface area contributed by atoms with E-state index in [9.17, 15) is 8.42 Å². The number of nitrogens with two attached hydrogens (primary N) is 1. The van der Waals surface area contributed by atoms with Crippen molar-refractivity contribution in [3.8, 4) is 0 Å². The van der Waals surface area contributed by atoms with E-state index >= 15 is 0 Å². The molecule has 3 N–H and O–H groups in total. The number of hydrazine groups is 1. The predicted octanol–water partition coefficient (Wildman–Crippen LogP) is 0.232. The van der Waals surface area contributed by atoms with Crippen LogP contribution in [0.4, 0.5) is 0 Å². The second kappa shape index (κ2) is 5.98. The van der Waals surface area contributed by atoms with E-state index in [0.717, 1.165) is 31.9 Å². The van der Waals surface area contributed by atoms with Crippen molar-refractivity contribution in [3.05, 3.63) is 29.8 Å².